The number of amides is 2. The van der Waals surface area contributed by atoms with Gasteiger partial charge >= 0.3 is 0 Å². The summed E-state index contributed by atoms with van der Waals surface area (Å²) in [5.74, 6) is -0.0866. The maximum Gasteiger partial charge on any atom is 0.256 e. The maximum atomic E-state index is 12.3. The molecule has 1 unspecified atom stereocenters. The summed E-state index contributed by atoms with van der Waals surface area (Å²) in [4.78, 5) is 25.4. The molecule has 0 rings (SSSR count). The van der Waals surface area contributed by atoms with E-state index in [1.165, 1.54) is 11.0 Å². The Morgan fingerprint density at radius 3 is 2.40 bits per heavy atom. The van der Waals surface area contributed by atoms with Crippen molar-refractivity contribution in [3.63, 3.8) is 0 Å². The van der Waals surface area contributed by atoms with Crippen molar-refractivity contribution >= 4 is 11.8 Å². The van der Waals surface area contributed by atoms with Crippen molar-refractivity contribution in [2.24, 2.45) is 5.92 Å². The zero-order valence-corrected chi connectivity index (χ0v) is 13.4. The fourth-order valence-electron chi connectivity index (χ4n) is 2.00. The molecule has 4 heteroatoms. The second-order valence-corrected chi connectivity index (χ2v) is 4.80. The van der Waals surface area contributed by atoms with Gasteiger partial charge in [0.2, 0.25) is 0 Å². The average Bonchev–Trinajstić information content (AvgIpc) is 2.44. The van der Waals surface area contributed by atoms with Crippen LogP contribution in [0.2, 0.25) is 0 Å². The molecule has 0 aromatic heterocycles. The van der Waals surface area contributed by atoms with Crippen LogP contribution in [0.3, 0.4) is 0 Å². The van der Waals surface area contributed by atoms with Crippen LogP contribution >= 0.6 is 0 Å². The summed E-state index contributed by atoms with van der Waals surface area (Å²) in [6.45, 7) is 8.79. The van der Waals surface area contributed by atoms with E-state index in [-0.39, 0.29) is 11.8 Å². The van der Waals surface area contributed by atoms with Gasteiger partial charge in [-0.2, -0.15) is 0 Å². The van der Waals surface area contributed by atoms with E-state index in [1.54, 1.807) is 19.9 Å². The lowest BCUT2D eigenvalue weighted by atomic mass is 9.99. The average molecular weight is 280 g/mol. The van der Waals surface area contributed by atoms with Gasteiger partial charge in [0.05, 0.1) is 0 Å². The lowest BCUT2D eigenvalue weighted by Gasteiger charge is -2.19. The Morgan fingerprint density at radius 1 is 1.30 bits per heavy atom. The Kier molecular flexibility index (Phi) is 9.64. The highest BCUT2D eigenvalue weighted by Crippen LogP contribution is 2.14. The van der Waals surface area contributed by atoms with Crippen LogP contribution in [-0.4, -0.2) is 36.9 Å². The Bertz CT molecular complexity index is 373. The van der Waals surface area contributed by atoms with E-state index in [0.717, 1.165) is 19.4 Å². The first-order valence-corrected chi connectivity index (χ1v) is 7.33. The summed E-state index contributed by atoms with van der Waals surface area (Å²) < 4.78 is 0. The van der Waals surface area contributed by atoms with E-state index < -0.39 is 0 Å². The Hall–Kier alpha value is -1.42. The maximum absolute atomic E-state index is 12.3. The van der Waals surface area contributed by atoms with Gasteiger partial charge < -0.3 is 5.32 Å². The molecule has 114 valence electrons. The quantitative estimate of drug-likeness (QED) is 0.695. The van der Waals surface area contributed by atoms with Crippen molar-refractivity contribution in [2.45, 2.75) is 40.5 Å². The van der Waals surface area contributed by atoms with Crippen LogP contribution in [0.1, 0.15) is 40.5 Å². The van der Waals surface area contributed by atoms with E-state index in [0.29, 0.717) is 18.0 Å². The number of allylic oxidation sites excluding steroid dienone is 2. The Labute approximate surface area is 122 Å². The molecule has 0 heterocycles. The number of hydrogen-bond acceptors (Lipinski definition) is 3. The Morgan fingerprint density at radius 2 is 1.95 bits per heavy atom. The van der Waals surface area contributed by atoms with Crippen LogP contribution in [0.25, 0.3) is 0 Å². The molecule has 1 N–H and O–H groups in total. The van der Waals surface area contributed by atoms with Crippen molar-refractivity contribution in [1.29, 1.82) is 0 Å². The van der Waals surface area contributed by atoms with E-state index in [1.807, 2.05) is 20.0 Å². The van der Waals surface area contributed by atoms with Gasteiger partial charge in [-0.25, -0.2) is 0 Å². The molecule has 0 saturated carbocycles. The topological polar surface area (TPSA) is 49.4 Å². The summed E-state index contributed by atoms with van der Waals surface area (Å²) in [7, 11) is 1.92. The summed E-state index contributed by atoms with van der Waals surface area (Å²) in [6.07, 6.45) is 7.05. The first-order chi connectivity index (χ1) is 9.51. The molecule has 0 bridgehead atoms. The molecular formula is C16H28N2O2. The number of likely N-dealkylation sites (N-methyl/N-ethyl adjacent to an activating group) is 1. The number of rotatable bonds is 8. The highest BCUT2D eigenvalue weighted by atomic mass is 16.2. The van der Waals surface area contributed by atoms with Crippen molar-refractivity contribution in [1.82, 2.24) is 10.2 Å². The second kappa shape index (κ2) is 10.4. The molecule has 0 aliphatic carbocycles. The smallest absolute Gasteiger partial charge is 0.256 e. The molecule has 2 amide bonds. The number of carbonyl (C=O) groups is 2. The molecule has 0 aromatic rings. The Balaban J connectivity index is 4.90. The zero-order chi connectivity index (χ0) is 15.5. The molecule has 20 heavy (non-hydrogen) atoms. The first kappa shape index (κ1) is 18.6. The minimum atomic E-state index is -0.254. The number of carbonyl (C=O) groups excluding carboxylic acids is 2. The third kappa shape index (κ3) is 6.15. The van der Waals surface area contributed by atoms with Gasteiger partial charge in [0.1, 0.15) is 0 Å². The SMILES string of the molecule is C/C=C\C(=O)N(CC)C(=O)/C(C)=C/C(CC)CCNC. The molecule has 0 saturated heterocycles. The van der Waals surface area contributed by atoms with Crippen LogP contribution in [0, 0.1) is 5.92 Å². The van der Waals surface area contributed by atoms with Crippen molar-refractivity contribution in [2.75, 3.05) is 20.1 Å². The minimum absolute atomic E-state index is 0.196. The molecule has 0 aliphatic heterocycles. The number of hydrogen-bond donors (Lipinski definition) is 1. The number of imide groups is 1. The zero-order valence-electron chi connectivity index (χ0n) is 13.4. The largest absolute Gasteiger partial charge is 0.320 e. The van der Waals surface area contributed by atoms with Crippen LogP contribution in [0.4, 0.5) is 0 Å². The van der Waals surface area contributed by atoms with Crippen molar-refractivity contribution in [3.05, 3.63) is 23.8 Å². The van der Waals surface area contributed by atoms with E-state index >= 15 is 0 Å². The second-order valence-electron chi connectivity index (χ2n) is 4.80. The standard InChI is InChI=1S/C16H28N2O2/c1-6-9-15(19)18(8-3)16(20)13(4)12-14(7-2)10-11-17-5/h6,9,12,14,17H,7-8,10-11H2,1-5H3/b9-6-,13-12+. The predicted octanol–water partition coefficient (Wildman–Crippen LogP) is 2.52. The summed E-state index contributed by atoms with van der Waals surface area (Å²) in [6, 6.07) is 0. The first-order valence-electron chi connectivity index (χ1n) is 7.33. The normalized spacial score (nSPS) is 13.6. The molecule has 0 aromatic carbocycles. The molecule has 0 radical (unpaired) electrons. The van der Waals surface area contributed by atoms with Gasteiger partial charge in [-0.1, -0.05) is 19.1 Å². The molecule has 0 fully saturated rings. The van der Waals surface area contributed by atoms with E-state index in [9.17, 15) is 9.59 Å². The van der Waals surface area contributed by atoms with Crippen molar-refractivity contribution in [3.8, 4) is 0 Å². The van der Waals surface area contributed by atoms with Crippen LogP contribution in [0.5, 0.6) is 0 Å². The molecule has 4 nitrogen and oxygen atoms in total. The highest BCUT2D eigenvalue weighted by Gasteiger charge is 2.19. The molecular weight excluding hydrogens is 252 g/mol. The van der Waals surface area contributed by atoms with Crippen LogP contribution in [0.15, 0.2) is 23.8 Å². The van der Waals surface area contributed by atoms with Crippen LogP contribution < -0.4 is 5.32 Å². The van der Waals surface area contributed by atoms with Gasteiger partial charge in [-0.05, 0) is 59.2 Å². The van der Waals surface area contributed by atoms with Gasteiger partial charge in [0.25, 0.3) is 11.8 Å². The van der Waals surface area contributed by atoms with E-state index in [4.69, 9.17) is 0 Å². The summed E-state index contributed by atoms with van der Waals surface area (Å²) >= 11 is 0. The molecule has 0 aliphatic rings. The lowest BCUT2D eigenvalue weighted by Crippen LogP contribution is -2.36. The summed E-state index contributed by atoms with van der Waals surface area (Å²) in [5, 5.41) is 3.12. The van der Waals surface area contributed by atoms with Gasteiger partial charge in [-0.15, -0.1) is 0 Å². The third-order valence-electron chi connectivity index (χ3n) is 3.25. The van der Waals surface area contributed by atoms with Gasteiger partial charge in [-0.3, -0.25) is 14.5 Å². The third-order valence-corrected chi connectivity index (χ3v) is 3.25. The van der Waals surface area contributed by atoms with Gasteiger partial charge in [0.15, 0.2) is 0 Å². The van der Waals surface area contributed by atoms with Crippen LogP contribution in [-0.2, 0) is 9.59 Å². The summed E-state index contributed by atoms with van der Waals surface area (Å²) in [5.41, 5.74) is 0.646. The lowest BCUT2D eigenvalue weighted by molar-refractivity contribution is -0.139. The molecule has 0 spiro atoms. The van der Waals surface area contributed by atoms with Gasteiger partial charge in [0, 0.05) is 12.1 Å². The monoisotopic (exact) mass is 280 g/mol. The fourth-order valence-corrected chi connectivity index (χ4v) is 2.00. The minimum Gasteiger partial charge on any atom is -0.320 e. The number of nitrogens with zero attached hydrogens (tertiary/aromatic N) is 1. The van der Waals surface area contributed by atoms with Crippen molar-refractivity contribution < 1.29 is 9.59 Å². The number of nitrogens with one attached hydrogen (secondary N) is 1. The predicted molar refractivity (Wildman–Crippen MR) is 83.3 cm³/mol. The molecule has 1 atom stereocenters. The fraction of sp³-hybridized carbons (Fsp3) is 0.625. The highest BCUT2D eigenvalue weighted by molar-refractivity contribution is 6.07. The van der Waals surface area contributed by atoms with E-state index in [2.05, 4.69) is 12.2 Å².